The lowest BCUT2D eigenvalue weighted by molar-refractivity contribution is -0.116. The Balaban J connectivity index is 1.47. The monoisotopic (exact) mass is 289 g/mol. The summed E-state index contributed by atoms with van der Waals surface area (Å²) in [6.45, 7) is 1.55. The first-order valence-electron chi connectivity index (χ1n) is 7.10. The summed E-state index contributed by atoms with van der Waals surface area (Å²) in [5, 5.41) is 2.94. The van der Waals surface area contributed by atoms with E-state index in [1.165, 1.54) is 17.1 Å². The van der Waals surface area contributed by atoms with Crippen molar-refractivity contribution in [3.05, 3.63) is 35.4 Å². The van der Waals surface area contributed by atoms with Gasteiger partial charge in [-0.3, -0.25) is 4.79 Å². The quantitative estimate of drug-likeness (QED) is 0.846. The molecule has 2 heterocycles. The predicted octanol–water partition coefficient (Wildman–Crippen LogP) is 2.50. The Bertz CT molecular complexity index is 523. The van der Waals surface area contributed by atoms with E-state index in [0.717, 1.165) is 43.2 Å². The van der Waals surface area contributed by atoms with E-state index in [0.29, 0.717) is 0 Å². The molecule has 2 aliphatic rings. The Hall–Kier alpha value is -1.42. The zero-order valence-electron chi connectivity index (χ0n) is 11.4. The number of carbonyl (C=O) groups excluding carboxylic acids is 1. The predicted molar refractivity (Wildman–Crippen MR) is 83.1 cm³/mol. The highest BCUT2D eigenvalue weighted by molar-refractivity contribution is 8.00. The van der Waals surface area contributed by atoms with Crippen molar-refractivity contribution in [3.8, 4) is 5.75 Å². The highest BCUT2D eigenvalue weighted by atomic mass is 32.2. The van der Waals surface area contributed by atoms with Gasteiger partial charge < -0.3 is 10.1 Å². The molecule has 0 unspecified atom stereocenters. The van der Waals surface area contributed by atoms with E-state index in [9.17, 15) is 4.79 Å². The maximum absolute atomic E-state index is 11.7. The van der Waals surface area contributed by atoms with Gasteiger partial charge in [-0.05, 0) is 53.2 Å². The number of amides is 1. The van der Waals surface area contributed by atoms with Crippen molar-refractivity contribution in [1.82, 2.24) is 5.32 Å². The number of rotatable bonds is 5. The van der Waals surface area contributed by atoms with Crippen LogP contribution in [-0.4, -0.2) is 30.6 Å². The van der Waals surface area contributed by atoms with Crippen LogP contribution in [0.2, 0.25) is 0 Å². The van der Waals surface area contributed by atoms with Crippen LogP contribution in [0.25, 0.3) is 6.08 Å². The van der Waals surface area contributed by atoms with Crippen molar-refractivity contribution in [1.29, 1.82) is 0 Å². The molecule has 0 spiro atoms. The van der Waals surface area contributed by atoms with Crippen molar-refractivity contribution >= 4 is 23.7 Å². The third-order valence-electron chi connectivity index (χ3n) is 3.70. The molecule has 3 rings (SSSR count). The molecular formula is C16H19NO2S. The zero-order chi connectivity index (χ0) is 13.8. The van der Waals surface area contributed by atoms with Gasteiger partial charge >= 0.3 is 0 Å². The van der Waals surface area contributed by atoms with Crippen LogP contribution in [0, 0.1) is 5.92 Å². The summed E-state index contributed by atoms with van der Waals surface area (Å²) in [5.74, 6) is 4.28. The fourth-order valence-corrected chi connectivity index (χ4v) is 3.29. The van der Waals surface area contributed by atoms with Crippen molar-refractivity contribution < 1.29 is 9.53 Å². The number of benzene rings is 1. The summed E-state index contributed by atoms with van der Waals surface area (Å²) >= 11 is 1.98. The molecule has 0 aromatic heterocycles. The van der Waals surface area contributed by atoms with Crippen LogP contribution in [0.4, 0.5) is 0 Å². The van der Waals surface area contributed by atoms with Gasteiger partial charge in [0.15, 0.2) is 0 Å². The second kappa shape index (κ2) is 6.35. The Morgan fingerprint density at radius 3 is 3.15 bits per heavy atom. The largest absolute Gasteiger partial charge is 0.493 e. The Morgan fingerprint density at radius 2 is 2.35 bits per heavy atom. The van der Waals surface area contributed by atoms with Crippen molar-refractivity contribution in [2.45, 2.75) is 12.8 Å². The van der Waals surface area contributed by atoms with Crippen LogP contribution in [0.5, 0.6) is 5.75 Å². The first-order valence-corrected chi connectivity index (χ1v) is 8.26. The van der Waals surface area contributed by atoms with E-state index in [1.807, 2.05) is 30.0 Å². The number of hydrogen-bond acceptors (Lipinski definition) is 3. The molecule has 0 aliphatic carbocycles. The standard InChI is InChI=1S/C16H19NO2S/c18-16(17-7-5-13-10-20-11-13)4-2-12-1-3-15-14(9-12)6-8-19-15/h1-4,9,13H,5-8,10-11H2,(H,17,18). The number of hydrogen-bond donors (Lipinski definition) is 1. The van der Waals surface area contributed by atoms with Gasteiger partial charge in [0.1, 0.15) is 5.75 Å². The molecule has 1 saturated heterocycles. The number of ether oxygens (including phenoxy) is 1. The third-order valence-corrected chi connectivity index (χ3v) is 5.11. The van der Waals surface area contributed by atoms with Crippen LogP contribution in [0.15, 0.2) is 24.3 Å². The molecule has 106 valence electrons. The van der Waals surface area contributed by atoms with E-state index in [4.69, 9.17) is 4.74 Å². The smallest absolute Gasteiger partial charge is 0.243 e. The first kappa shape index (κ1) is 13.6. The van der Waals surface area contributed by atoms with Crippen molar-refractivity contribution in [2.75, 3.05) is 24.7 Å². The third kappa shape index (κ3) is 3.37. The minimum atomic E-state index is -0.00581. The molecule has 1 N–H and O–H groups in total. The van der Waals surface area contributed by atoms with Gasteiger partial charge in [-0.2, -0.15) is 11.8 Å². The van der Waals surface area contributed by atoms with E-state index in [2.05, 4.69) is 11.4 Å². The summed E-state index contributed by atoms with van der Waals surface area (Å²) in [4.78, 5) is 11.7. The van der Waals surface area contributed by atoms with Crippen LogP contribution in [-0.2, 0) is 11.2 Å². The first-order chi connectivity index (χ1) is 9.81. The molecule has 1 aromatic carbocycles. The van der Waals surface area contributed by atoms with Crippen LogP contribution >= 0.6 is 11.8 Å². The normalized spacial score (nSPS) is 17.6. The number of nitrogens with one attached hydrogen (secondary N) is 1. The molecule has 0 saturated carbocycles. The molecule has 1 aromatic rings. The number of carbonyl (C=O) groups is 1. The Labute approximate surface area is 123 Å². The molecule has 20 heavy (non-hydrogen) atoms. The van der Waals surface area contributed by atoms with Gasteiger partial charge in [-0.25, -0.2) is 0 Å². The molecule has 0 radical (unpaired) electrons. The highest BCUT2D eigenvalue weighted by Gasteiger charge is 2.17. The topological polar surface area (TPSA) is 38.3 Å². The summed E-state index contributed by atoms with van der Waals surface area (Å²) in [5.41, 5.74) is 2.29. The van der Waals surface area contributed by atoms with Crippen LogP contribution < -0.4 is 10.1 Å². The molecular weight excluding hydrogens is 270 g/mol. The molecule has 4 heteroatoms. The van der Waals surface area contributed by atoms with Crippen LogP contribution in [0.1, 0.15) is 17.5 Å². The van der Waals surface area contributed by atoms with Gasteiger partial charge in [-0.1, -0.05) is 6.07 Å². The maximum Gasteiger partial charge on any atom is 0.243 e. The summed E-state index contributed by atoms with van der Waals surface area (Å²) in [7, 11) is 0. The lowest BCUT2D eigenvalue weighted by Crippen LogP contribution is -2.27. The van der Waals surface area contributed by atoms with E-state index in [1.54, 1.807) is 6.08 Å². The van der Waals surface area contributed by atoms with Gasteiger partial charge in [0.05, 0.1) is 6.61 Å². The van der Waals surface area contributed by atoms with E-state index < -0.39 is 0 Å². The SMILES string of the molecule is O=C(C=Cc1ccc2c(c1)CCO2)NCCC1CSC1. The molecule has 0 bridgehead atoms. The molecule has 0 atom stereocenters. The fourth-order valence-electron chi connectivity index (χ4n) is 2.39. The van der Waals surface area contributed by atoms with Gasteiger partial charge in [0.25, 0.3) is 0 Å². The lowest BCUT2D eigenvalue weighted by atomic mass is 10.1. The van der Waals surface area contributed by atoms with E-state index in [-0.39, 0.29) is 5.91 Å². The van der Waals surface area contributed by atoms with Gasteiger partial charge in [0, 0.05) is 19.0 Å². The highest BCUT2D eigenvalue weighted by Crippen LogP contribution is 2.27. The second-order valence-electron chi connectivity index (χ2n) is 5.28. The summed E-state index contributed by atoms with van der Waals surface area (Å²) < 4.78 is 5.47. The molecule has 1 amide bonds. The van der Waals surface area contributed by atoms with E-state index >= 15 is 0 Å². The zero-order valence-corrected chi connectivity index (χ0v) is 12.2. The average molecular weight is 289 g/mol. The second-order valence-corrected chi connectivity index (χ2v) is 6.36. The lowest BCUT2D eigenvalue weighted by Gasteiger charge is -2.24. The molecule has 1 fully saturated rings. The molecule has 2 aliphatic heterocycles. The summed E-state index contributed by atoms with van der Waals surface area (Å²) in [6, 6.07) is 6.06. The van der Waals surface area contributed by atoms with Crippen LogP contribution in [0.3, 0.4) is 0 Å². The summed E-state index contributed by atoms with van der Waals surface area (Å²) in [6.07, 6.45) is 5.55. The Kier molecular flexibility index (Phi) is 4.31. The number of fused-ring (bicyclic) bond motifs is 1. The molecule has 3 nitrogen and oxygen atoms in total. The van der Waals surface area contributed by atoms with Gasteiger partial charge in [0.2, 0.25) is 5.91 Å². The average Bonchev–Trinajstić information content (AvgIpc) is 2.86. The maximum atomic E-state index is 11.7. The fraction of sp³-hybridized carbons (Fsp3) is 0.438. The minimum Gasteiger partial charge on any atom is -0.493 e. The van der Waals surface area contributed by atoms with Crippen molar-refractivity contribution in [3.63, 3.8) is 0 Å². The minimum absolute atomic E-state index is 0.00581. The van der Waals surface area contributed by atoms with Crippen molar-refractivity contribution in [2.24, 2.45) is 5.92 Å². The Morgan fingerprint density at radius 1 is 1.45 bits per heavy atom. The van der Waals surface area contributed by atoms with Gasteiger partial charge in [-0.15, -0.1) is 0 Å². The number of thioether (sulfide) groups is 1.